The van der Waals surface area contributed by atoms with E-state index < -0.39 is 0 Å². The predicted octanol–water partition coefficient (Wildman–Crippen LogP) is 2.12. The number of aliphatic imine (C=N–C) groups is 1. The minimum atomic E-state index is 0.0526. The van der Waals surface area contributed by atoms with Gasteiger partial charge < -0.3 is 10.3 Å². The van der Waals surface area contributed by atoms with E-state index in [0.717, 1.165) is 22.9 Å². The molecular weight excluding hydrogens is 190 g/mol. The van der Waals surface area contributed by atoms with Gasteiger partial charge in [0.05, 0.1) is 17.6 Å². The molecule has 1 unspecified atom stereocenters. The van der Waals surface area contributed by atoms with Gasteiger partial charge in [-0.2, -0.15) is 0 Å². The number of aryl methyl sites for hydroxylation is 2. The SMILES string of the molecule is Cc1noc(C)c1C(C)N=C(N)C1CC1. The minimum Gasteiger partial charge on any atom is -0.387 e. The summed E-state index contributed by atoms with van der Waals surface area (Å²) in [5, 5.41) is 3.92. The van der Waals surface area contributed by atoms with Crippen molar-refractivity contribution >= 4 is 5.84 Å². The highest BCUT2D eigenvalue weighted by Crippen LogP contribution is 2.31. The van der Waals surface area contributed by atoms with Crippen molar-refractivity contribution in [2.24, 2.45) is 16.6 Å². The normalized spacial score (nSPS) is 19.3. The van der Waals surface area contributed by atoms with E-state index in [1.54, 1.807) is 0 Å². The number of nitrogens with zero attached hydrogens (tertiary/aromatic N) is 2. The molecule has 1 heterocycles. The molecule has 82 valence electrons. The van der Waals surface area contributed by atoms with Crippen molar-refractivity contribution < 1.29 is 4.52 Å². The summed E-state index contributed by atoms with van der Waals surface area (Å²) in [6.07, 6.45) is 2.37. The molecule has 1 aromatic heterocycles. The second-order valence-corrected chi connectivity index (χ2v) is 4.24. The van der Waals surface area contributed by atoms with Gasteiger partial charge in [-0.3, -0.25) is 4.99 Å². The van der Waals surface area contributed by atoms with Crippen LogP contribution in [0.2, 0.25) is 0 Å². The molecule has 4 heteroatoms. The molecule has 0 amide bonds. The van der Waals surface area contributed by atoms with Gasteiger partial charge in [0.25, 0.3) is 0 Å². The van der Waals surface area contributed by atoms with Gasteiger partial charge in [-0.1, -0.05) is 5.16 Å². The second kappa shape index (κ2) is 3.68. The maximum absolute atomic E-state index is 5.89. The lowest BCUT2D eigenvalue weighted by atomic mass is 10.1. The van der Waals surface area contributed by atoms with E-state index >= 15 is 0 Å². The fraction of sp³-hybridized carbons (Fsp3) is 0.636. The highest BCUT2D eigenvalue weighted by atomic mass is 16.5. The van der Waals surface area contributed by atoms with Gasteiger partial charge in [0.15, 0.2) is 0 Å². The van der Waals surface area contributed by atoms with Crippen molar-refractivity contribution in [2.75, 3.05) is 0 Å². The van der Waals surface area contributed by atoms with Crippen molar-refractivity contribution in [3.63, 3.8) is 0 Å². The van der Waals surface area contributed by atoms with E-state index in [-0.39, 0.29) is 6.04 Å². The Hall–Kier alpha value is -1.32. The first-order valence-electron chi connectivity index (χ1n) is 5.35. The largest absolute Gasteiger partial charge is 0.387 e. The zero-order valence-electron chi connectivity index (χ0n) is 9.45. The first-order valence-corrected chi connectivity index (χ1v) is 5.35. The lowest BCUT2D eigenvalue weighted by Crippen LogP contribution is -2.15. The molecule has 1 saturated carbocycles. The standard InChI is InChI=1S/C11H17N3O/c1-6(13-11(12)9-4-5-9)10-7(2)14-15-8(10)3/h6,9H,4-5H2,1-3H3,(H2,12,13). The van der Waals surface area contributed by atoms with Crippen LogP contribution < -0.4 is 5.73 Å². The van der Waals surface area contributed by atoms with Gasteiger partial charge in [-0.05, 0) is 33.6 Å². The van der Waals surface area contributed by atoms with Crippen molar-refractivity contribution in [2.45, 2.75) is 39.7 Å². The third-order valence-electron chi connectivity index (χ3n) is 2.84. The van der Waals surface area contributed by atoms with Gasteiger partial charge in [0.1, 0.15) is 5.76 Å². The van der Waals surface area contributed by atoms with Crippen LogP contribution in [0.1, 0.15) is 42.8 Å². The zero-order chi connectivity index (χ0) is 11.0. The van der Waals surface area contributed by atoms with Crippen LogP contribution in [-0.2, 0) is 0 Å². The number of nitrogens with two attached hydrogens (primary N) is 1. The predicted molar refractivity (Wildman–Crippen MR) is 58.7 cm³/mol. The molecule has 1 fully saturated rings. The zero-order valence-corrected chi connectivity index (χ0v) is 9.45. The quantitative estimate of drug-likeness (QED) is 0.610. The summed E-state index contributed by atoms with van der Waals surface area (Å²) in [4.78, 5) is 4.50. The van der Waals surface area contributed by atoms with Crippen molar-refractivity contribution in [1.29, 1.82) is 0 Å². The summed E-state index contributed by atoms with van der Waals surface area (Å²) in [6.45, 7) is 5.88. The summed E-state index contributed by atoms with van der Waals surface area (Å²) >= 11 is 0. The molecule has 0 bridgehead atoms. The van der Waals surface area contributed by atoms with Crippen LogP contribution in [0.25, 0.3) is 0 Å². The summed E-state index contributed by atoms with van der Waals surface area (Å²) in [7, 11) is 0. The number of rotatable bonds is 3. The van der Waals surface area contributed by atoms with Gasteiger partial charge in [-0.15, -0.1) is 0 Å². The van der Waals surface area contributed by atoms with Crippen molar-refractivity contribution in [1.82, 2.24) is 5.16 Å². The third-order valence-corrected chi connectivity index (χ3v) is 2.84. The Bertz CT molecular complexity index is 371. The lowest BCUT2D eigenvalue weighted by molar-refractivity contribution is 0.391. The lowest BCUT2D eigenvalue weighted by Gasteiger charge is -2.07. The average Bonchev–Trinajstić information content (AvgIpc) is 2.94. The third kappa shape index (κ3) is 2.03. The van der Waals surface area contributed by atoms with Crippen LogP contribution in [0.4, 0.5) is 0 Å². The molecule has 0 spiro atoms. The molecule has 0 saturated heterocycles. The minimum absolute atomic E-state index is 0.0526. The highest BCUT2D eigenvalue weighted by Gasteiger charge is 2.26. The molecule has 0 radical (unpaired) electrons. The summed E-state index contributed by atoms with van der Waals surface area (Å²) in [5.41, 5.74) is 7.86. The summed E-state index contributed by atoms with van der Waals surface area (Å²) in [6, 6.07) is 0.0526. The molecular formula is C11H17N3O. The molecule has 15 heavy (non-hydrogen) atoms. The van der Waals surface area contributed by atoms with Gasteiger partial charge in [0, 0.05) is 11.5 Å². The molecule has 4 nitrogen and oxygen atoms in total. The fourth-order valence-corrected chi connectivity index (χ4v) is 1.86. The Morgan fingerprint density at radius 1 is 1.53 bits per heavy atom. The molecule has 1 atom stereocenters. The van der Waals surface area contributed by atoms with Gasteiger partial charge in [0.2, 0.25) is 0 Å². The highest BCUT2D eigenvalue weighted by molar-refractivity contribution is 5.85. The molecule has 1 aromatic rings. The smallest absolute Gasteiger partial charge is 0.139 e. The van der Waals surface area contributed by atoms with Crippen molar-refractivity contribution in [3.8, 4) is 0 Å². The van der Waals surface area contributed by atoms with Crippen LogP contribution in [0, 0.1) is 19.8 Å². The van der Waals surface area contributed by atoms with Crippen LogP contribution in [0.5, 0.6) is 0 Å². The number of aromatic nitrogens is 1. The summed E-state index contributed by atoms with van der Waals surface area (Å²) < 4.78 is 5.11. The Morgan fingerprint density at radius 3 is 2.67 bits per heavy atom. The van der Waals surface area contributed by atoms with E-state index in [9.17, 15) is 0 Å². The van der Waals surface area contributed by atoms with E-state index in [2.05, 4.69) is 10.1 Å². The monoisotopic (exact) mass is 207 g/mol. The first kappa shape index (κ1) is 10.2. The van der Waals surface area contributed by atoms with E-state index in [0.29, 0.717) is 5.92 Å². The van der Waals surface area contributed by atoms with Crippen LogP contribution >= 0.6 is 0 Å². The average molecular weight is 207 g/mol. The maximum Gasteiger partial charge on any atom is 0.139 e. The van der Waals surface area contributed by atoms with Gasteiger partial charge >= 0.3 is 0 Å². The number of hydrogen-bond acceptors (Lipinski definition) is 3. The molecule has 2 N–H and O–H groups in total. The molecule has 1 aliphatic rings. The molecule has 1 aliphatic carbocycles. The Labute approximate surface area is 89.5 Å². The summed E-state index contributed by atoms with van der Waals surface area (Å²) in [5.74, 6) is 2.14. The molecule has 2 rings (SSSR count). The molecule has 0 aliphatic heterocycles. The Balaban J connectivity index is 2.20. The number of hydrogen-bond donors (Lipinski definition) is 1. The van der Waals surface area contributed by atoms with Crippen LogP contribution in [0.3, 0.4) is 0 Å². The van der Waals surface area contributed by atoms with E-state index in [4.69, 9.17) is 10.3 Å². The Kier molecular flexibility index (Phi) is 2.50. The maximum atomic E-state index is 5.89. The number of amidine groups is 1. The van der Waals surface area contributed by atoms with E-state index in [1.165, 1.54) is 12.8 Å². The van der Waals surface area contributed by atoms with Crippen molar-refractivity contribution in [3.05, 3.63) is 17.0 Å². The van der Waals surface area contributed by atoms with Crippen LogP contribution in [0.15, 0.2) is 9.52 Å². The van der Waals surface area contributed by atoms with Gasteiger partial charge in [-0.25, -0.2) is 0 Å². The molecule has 0 aromatic carbocycles. The topological polar surface area (TPSA) is 64.4 Å². The fourth-order valence-electron chi connectivity index (χ4n) is 1.86. The Morgan fingerprint density at radius 2 is 2.20 bits per heavy atom. The van der Waals surface area contributed by atoms with E-state index in [1.807, 2.05) is 20.8 Å². The second-order valence-electron chi connectivity index (χ2n) is 4.24. The first-order chi connectivity index (χ1) is 7.09. The van der Waals surface area contributed by atoms with Crippen LogP contribution in [-0.4, -0.2) is 11.0 Å².